The van der Waals surface area contributed by atoms with E-state index in [0.717, 1.165) is 18.1 Å². The van der Waals surface area contributed by atoms with E-state index in [2.05, 4.69) is 19.1 Å². The molecule has 0 aromatic heterocycles. The van der Waals surface area contributed by atoms with Crippen LogP contribution in [0.5, 0.6) is 0 Å². The minimum Gasteiger partial charge on any atom is -0.516 e. The van der Waals surface area contributed by atoms with Crippen LogP contribution in [0, 0.1) is 11.8 Å². The van der Waals surface area contributed by atoms with Crippen molar-refractivity contribution in [2.75, 3.05) is 0 Å². The van der Waals surface area contributed by atoms with Crippen LogP contribution in [0.25, 0.3) is 0 Å². The van der Waals surface area contributed by atoms with E-state index in [-0.39, 0.29) is 0 Å². The third-order valence-corrected chi connectivity index (χ3v) is 4.74. The topological polar surface area (TPSA) is 20.2 Å². The highest BCUT2D eigenvalue weighted by atomic mass is 16.2. The van der Waals surface area contributed by atoms with E-state index in [1.165, 1.54) is 70.6 Å². The minimum absolute atomic E-state index is 0.915. The summed E-state index contributed by atoms with van der Waals surface area (Å²) in [5.74, 6) is 1.89. The molecule has 1 fully saturated rings. The summed E-state index contributed by atoms with van der Waals surface area (Å²) in [7, 11) is 0. The van der Waals surface area contributed by atoms with Crippen molar-refractivity contribution in [3.63, 3.8) is 0 Å². The van der Waals surface area contributed by atoms with Gasteiger partial charge in [0.1, 0.15) is 0 Å². The van der Waals surface area contributed by atoms with Crippen molar-refractivity contribution in [3.8, 4) is 0 Å². The number of allylic oxidation sites excluding steroid dienone is 5. The van der Waals surface area contributed by atoms with Gasteiger partial charge in [0.25, 0.3) is 0 Å². The van der Waals surface area contributed by atoms with Crippen molar-refractivity contribution < 1.29 is 5.11 Å². The van der Waals surface area contributed by atoms with E-state index in [1.54, 1.807) is 6.08 Å². The Balaban J connectivity index is 2.13. The Bertz CT molecular complexity index is 314. The van der Waals surface area contributed by atoms with Gasteiger partial charge in [-0.3, -0.25) is 0 Å². The normalized spacial score (nSPS) is 23.1. The molecule has 0 amide bonds. The molecule has 1 heteroatoms. The SMILES string of the molecule is CCCCCCCC[C@H]1CCC[C@@H]1C/C=C/C=C/C=C/O. The number of unbranched alkanes of at least 4 members (excludes halogenated alkanes) is 5. The molecule has 2 atom stereocenters. The molecule has 0 heterocycles. The standard InChI is InChI=1S/C20H34O/c1-2-3-4-5-7-10-14-19-16-13-17-20(19)15-11-8-6-9-12-18-21/h6,8-9,11-12,18-21H,2-5,7,10,13-17H2,1H3/b9-6+,11-8+,18-12+/t19-,20-/m0/s1. The van der Waals surface area contributed by atoms with Crippen LogP contribution in [0.15, 0.2) is 36.6 Å². The predicted molar refractivity (Wildman–Crippen MR) is 93.5 cm³/mol. The van der Waals surface area contributed by atoms with Crippen molar-refractivity contribution in [2.45, 2.75) is 77.6 Å². The Morgan fingerprint density at radius 2 is 1.57 bits per heavy atom. The number of aliphatic hydroxyl groups is 1. The fraction of sp³-hybridized carbons (Fsp3) is 0.700. The highest BCUT2D eigenvalue weighted by molar-refractivity contribution is 5.10. The first kappa shape index (κ1) is 18.1. The minimum atomic E-state index is 0.915. The van der Waals surface area contributed by atoms with Crippen molar-refractivity contribution in [2.24, 2.45) is 11.8 Å². The van der Waals surface area contributed by atoms with Gasteiger partial charge in [-0.05, 0) is 30.8 Å². The maximum atomic E-state index is 8.52. The monoisotopic (exact) mass is 290 g/mol. The van der Waals surface area contributed by atoms with Gasteiger partial charge in [0.2, 0.25) is 0 Å². The lowest BCUT2D eigenvalue weighted by Crippen LogP contribution is -2.06. The quantitative estimate of drug-likeness (QED) is 0.254. The van der Waals surface area contributed by atoms with Gasteiger partial charge in [-0.1, -0.05) is 89.0 Å². The molecule has 21 heavy (non-hydrogen) atoms. The molecule has 0 aliphatic heterocycles. The van der Waals surface area contributed by atoms with E-state index in [1.807, 2.05) is 12.2 Å². The summed E-state index contributed by atoms with van der Waals surface area (Å²) in [5.41, 5.74) is 0. The molecular weight excluding hydrogens is 256 g/mol. The zero-order valence-corrected chi connectivity index (χ0v) is 13.8. The molecule has 1 saturated carbocycles. The van der Waals surface area contributed by atoms with Crippen molar-refractivity contribution in [1.82, 2.24) is 0 Å². The number of hydrogen-bond donors (Lipinski definition) is 1. The molecule has 1 aliphatic carbocycles. The molecule has 1 nitrogen and oxygen atoms in total. The average Bonchev–Trinajstić information content (AvgIpc) is 2.94. The van der Waals surface area contributed by atoms with Crippen LogP contribution < -0.4 is 0 Å². The lowest BCUT2D eigenvalue weighted by atomic mass is 9.88. The summed E-state index contributed by atoms with van der Waals surface area (Å²) in [5, 5.41) is 8.52. The Labute approximate surface area is 131 Å². The highest BCUT2D eigenvalue weighted by Crippen LogP contribution is 2.37. The fourth-order valence-electron chi connectivity index (χ4n) is 3.50. The Kier molecular flexibility index (Phi) is 11.0. The molecule has 0 spiro atoms. The average molecular weight is 290 g/mol. The molecule has 0 bridgehead atoms. The van der Waals surface area contributed by atoms with E-state index >= 15 is 0 Å². The summed E-state index contributed by atoms with van der Waals surface area (Å²) in [6.07, 6.45) is 26.5. The summed E-state index contributed by atoms with van der Waals surface area (Å²) >= 11 is 0. The van der Waals surface area contributed by atoms with Gasteiger partial charge in [0.15, 0.2) is 0 Å². The maximum absolute atomic E-state index is 8.52. The van der Waals surface area contributed by atoms with Crippen molar-refractivity contribution >= 4 is 0 Å². The van der Waals surface area contributed by atoms with Gasteiger partial charge in [0, 0.05) is 0 Å². The number of aliphatic hydroxyl groups excluding tert-OH is 1. The zero-order chi connectivity index (χ0) is 15.2. The van der Waals surface area contributed by atoms with Gasteiger partial charge in [-0.15, -0.1) is 0 Å². The lowest BCUT2D eigenvalue weighted by Gasteiger charge is -2.17. The second kappa shape index (κ2) is 12.7. The second-order valence-electron chi connectivity index (χ2n) is 6.40. The van der Waals surface area contributed by atoms with Crippen LogP contribution in [-0.4, -0.2) is 5.11 Å². The molecule has 0 aromatic carbocycles. The first-order chi connectivity index (χ1) is 10.4. The van der Waals surface area contributed by atoms with Crippen LogP contribution in [0.2, 0.25) is 0 Å². The van der Waals surface area contributed by atoms with E-state index < -0.39 is 0 Å². The molecule has 1 rings (SSSR count). The van der Waals surface area contributed by atoms with Gasteiger partial charge >= 0.3 is 0 Å². The molecule has 0 unspecified atom stereocenters. The molecule has 0 radical (unpaired) electrons. The molecule has 120 valence electrons. The summed E-state index contributed by atoms with van der Waals surface area (Å²) in [6.45, 7) is 2.28. The van der Waals surface area contributed by atoms with E-state index in [0.29, 0.717) is 0 Å². The van der Waals surface area contributed by atoms with Crippen LogP contribution in [0.4, 0.5) is 0 Å². The number of hydrogen-bond acceptors (Lipinski definition) is 1. The fourth-order valence-corrected chi connectivity index (χ4v) is 3.50. The molecule has 1 aliphatic rings. The third-order valence-electron chi connectivity index (χ3n) is 4.74. The smallest absolute Gasteiger partial charge is 0.0791 e. The van der Waals surface area contributed by atoms with Crippen molar-refractivity contribution in [1.29, 1.82) is 0 Å². The van der Waals surface area contributed by atoms with Gasteiger partial charge in [0.05, 0.1) is 6.26 Å². The van der Waals surface area contributed by atoms with Crippen LogP contribution >= 0.6 is 0 Å². The molecule has 1 N–H and O–H groups in total. The molecule has 0 saturated heterocycles. The van der Waals surface area contributed by atoms with Crippen LogP contribution in [0.3, 0.4) is 0 Å². The summed E-state index contributed by atoms with van der Waals surface area (Å²) in [4.78, 5) is 0. The van der Waals surface area contributed by atoms with E-state index in [4.69, 9.17) is 5.11 Å². The first-order valence-corrected chi connectivity index (χ1v) is 9.01. The first-order valence-electron chi connectivity index (χ1n) is 9.01. The molecule has 0 aromatic rings. The second-order valence-corrected chi connectivity index (χ2v) is 6.40. The zero-order valence-electron chi connectivity index (χ0n) is 13.8. The Morgan fingerprint density at radius 3 is 2.38 bits per heavy atom. The largest absolute Gasteiger partial charge is 0.516 e. The van der Waals surface area contributed by atoms with Gasteiger partial charge in [-0.25, -0.2) is 0 Å². The summed E-state index contributed by atoms with van der Waals surface area (Å²) in [6, 6.07) is 0. The van der Waals surface area contributed by atoms with Gasteiger partial charge < -0.3 is 5.11 Å². The van der Waals surface area contributed by atoms with Crippen LogP contribution in [0.1, 0.15) is 77.6 Å². The third kappa shape index (κ3) is 8.80. The highest BCUT2D eigenvalue weighted by Gasteiger charge is 2.25. The Hall–Kier alpha value is -0.980. The number of rotatable bonds is 11. The molecular formula is C20H34O. The van der Waals surface area contributed by atoms with Crippen LogP contribution in [-0.2, 0) is 0 Å². The van der Waals surface area contributed by atoms with Crippen molar-refractivity contribution in [3.05, 3.63) is 36.6 Å². The maximum Gasteiger partial charge on any atom is 0.0791 e. The van der Waals surface area contributed by atoms with E-state index in [9.17, 15) is 0 Å². The predicted octanol–water partition coefficient (Wildman–Crippen LogP) is 6.73. The van der Waals surface area contributed by atoms with Gasteiger partial charge in [-0.2, -0.15) is 0 Å². The Morgan fingerprint density at radius 1 is 0.857 bits per heavy atom. The summed E-state index contributed by atoms with van der Waals surface area (Å²) < 4.78 is 0. The lowest BCUT2D eigenvalue weighted by molar-refractivity contribution is 0.352.